The summed E-state index contributed by atoms with van der Waals surface area (Å²) in [6.45, 7) is 3.34. The molecule has 1 aliphatic heterocycles. The molecule has 2 rings (SSSR count). The lowest BCUT2D eigenvalue weighted by molar-refractivity contribution is -0.153. The number of aromatic amines is 1. The van der Waals surface area contributed by atoms with Gasteiger partial charge in [-0.25, -0.2) is 4.79 Å². The van der Waals surface area contributed by atoms with Gasteiger partial charge in [0.05, 0.1) is 0 Å². The van der Waals surface area contributed by atoms with Gasteiger partial charge >= 0.3 is 11.7 Å². The fraction of sp³-hybridized carbons (Fsp3) is 0.714. The minimum atomic E-state index is -1.50. The average molecular weight is 358 g/mol. The molecular formula is C14H22N4O7. The molecule has 0 aromatic carbocycles. The third-order valence-electron chi connectivity index (χ3n) is 4.23. The molecule has 1 aromatic heterocycles. The molecule has 0 bridgehead atoms. The van der Waals surface area contributed by atoms with Gasteiger partial charge in [0.2, 0.25) is 0 Å². The summed E-state index contributed by atoms with van der Waals surface area (Å²) >= 11 is 0. The zero-order chi connectivity index (χ0) is 18.7. The molecule has 5 N–H and O–H groups in total. The van der Waals surface area contributed by atoms with Crippen molar-refractivity contribution in [2.45, 2.75) is 50.8 Å². The van der Waals surface area contributed by atoms with E-state index in [2.05, 4.69) is 5.10 Å². The van der Waals surface area contributed by atoms with Crippen LogP contribution in [-0.4, -0.2) is 61.9 Å². The Balaban J connectivity index is 2.03. The summed E-state index contributed by atoms with van der Waals surface area (Å²) in [5.74, 6) is -0.730. The first-order chi connectivity index (χ1) is 11.8. The van der Waals surface area contributed by atoms with Crippen LogP contribution in [0, 0.1) is 5.92 Å². The molecule has 0 spiro atoms. The lowest BCUT2D eigenvalue weighted by atomic mass is 10.0. The molecule has 1 aromatic rings. The maximum Gasteiger partial charge on any atom is 0.347 e. The SMILES string of the molecule is CC[C@@H](C)[C@@H](N)C(=O)OCC1OC(n2ncc(=O)[nH]c2=O)C(O)C1O. The van der Waals surface area contributed by atoms with Crippen LogP contribution in [0.15, 0.2) is 15.8 Å². The fourth-order valence-electron chi connectivity index (χ4n) is 2.36. The molecule has 1 aliphatic rings. The lowest BCUT2D eigenvalue weighted by Crippen LogP contribution is -2.41. The molecule has 11 heteroatoms. The van der Waals surface area contributed by atoms with Gasteiger partial charge in [0.15, 0.2) is 6.23 Å². The van der Waals surface area contributed by atoms with Crippen molar-refractivity contribution < 1.29 is 24.5 Å². The number of aliphatic hydroxyl groups excluding tert-OH is 2. The van der Waals surface area contributed by atoms with Crippen molar-refractivity contribution >= 4 is 5.97 Å². The molecular weight excluding hydrogens is 336 g/mol. The third kappa shape index (κ3) is 4.12. The van der Waals surface area contributed by atoms with E-state index in [9.17, 15) is 24.6 Å². The second kappa shape index (κ2) is 7.87. The molecule has 25 heavy (non-hydrogen) atoms. The summed E-state index contributed by atoms with van der Waals surface area (Å²) in [6.07, 6.45) is -3.79. The number of nitrogens with zero attached hydrogens (tertiary/aromatic N) is 2. The number of rotatable bonds is 6. The summed E-state index contributed by atoms with van der Waals surface area (Å²) < 4.78 is 11.1. The van der Waals surface area contributed by atoms with Gasteiger partial charge in [0.1, 0.15) is 37.2 Å². The van der Waals surface area contributed by atoms with E-state index in [0.717, 1.165) is 6.20 Å². The smallest absolute Gasteiger partial charge is 0.347 e. The first-order valence-electron chi connectivity index (χ1n) is 7.88. The highest BCUT2D eigenvalue weighted by Crippen LogP contribution is 2.28. The predicted octanol–water partition coefficient (Wildman–Crippen LogP) is -2.53. The van der Waals surface area contributed by atoms with Crippen LogP contribution in [0.25, 0.3) is 0 Å². The molecule has 1 saturated heterocycles. The number of carbonyl (C=O) groups is 1. The van der Waals surface area contributed by atoms with Gasteiger partial charge in [0.25, 0.3) is 5.56 Å². The van der Waals surface area contributed by atoms with Gasteiger partial charge in [0, 0.05) is 0 Å². The minimum Gasteiger partial charge on any atom is -0.462 e. The van der Waals surface area contributed by atoms with Gasteiger partial charge in [-0.3, -0.25) is 14.6 Å². The number of esters is 1. The topological polar surface area (TPSA) is 170 Å². The highest BCUT2D eigenvalue weighted by molar-refractivity contribution is 5.75. The second-order valence-corrected chi connectivity index (χ2v) is 5.97. The summed E-state index contributed by atoms with van der Waals surface area (Å²) in [5.41, 5.74) is 4.14. The second-order valence-electron chi connectivity index (χ2n) is 5.97. The van der Waals surface area contributed by atoms with Crippen molar-refractivity contribution in [2.75, 3.05) is 6.61 Å². The van der Waals surface area contributed by atoms with Crippen LogP contribution in [-0.2, 0) is 14.3 Å². The normalized spacial score (nSPS) is 28.5. The number of H-pyrrole nitrogens is 1. The molecule has 140 valence electrons. The Bertz CT molecular complexity index is 718. The Hall–Kier alpha value is -2.08. The number of ether oxygens (including phenoxy) is 2. The quantitative estimate of drug-likeness (QED) is 0.400. The van der Waals surface area contributed by atoms with Crippen LogP contribution in [0.4, 0.5) is 0 Å². The molecule has 0 saturated carbocycles. The van der Waals surface area contributed by atoms with Gasteiger partial charge in [-0.2, -0.15) is 9.78 Å². The fourth-order valence-corrected chi connectivity index (χ4v) is 2.36. The standard InChI is InChI=1S/C14H22N4O7/c1-3-6(2)9(15)13(22)24-5-7-10(20)11(21)12(25-7)18-14(23)17-8(19)4-16-18/h4,6-7,9-12,20-21H,3,5,15H2,1-2H3,(H,17,19,23)/t6-,7?,9-,10?,11?,12?/m1/s1. The van der Waals surface area contributed by atoms with Gasteiger partial charge in [-0.05, 0) is 5.92 Å². The lowest BCUT2D eigenvalue weighted by Gasteiger charge is -2.19. The largest absolute Gasteiger partial charge is 0.462 e. The maximum atomic E-state index is 11.9. The number of nitrogens with one attached hydrogen (secondary N) is 1. The summed E-state index contributed by atoms with van der Waals surface area (Å²) in [7, 11) is 0. The summed E-state index contributed by atoms with van der Waals surface area (Å²) in [5, 5.41) is 23.6. The Morgan fingerprint density at radius 3 is 2.76 bits per heavy atom. The van der Waals surface area contributed by atoms with Crippen LogP contribution >= 0.6 is 0 Å². The maximum absolute atomic E-state index is 11.9. The van der Waals surface area contributed by atoms with E-state index in [0.29, 0.717) is 11.1 Å². The van der Waals surface area contributed by atoms with E-state index in [1.165, 1.54) is 0 Å². The van der Waals surface area contributed by atoms with Crippen molar-refractivity contribution in [3.05, 3.63) is 27.0 Å². The van der Waals surface area contributed by atoms with E-state index < -0.39 is 47.8 Å². The zero-order valence-electron chi connectivity index (χ0n) is 13.9. The van der Waals surface area contributed by atoms with E-state index >= 15 is 0 Å². The van der Waals surface area contributed by atoms with E-state index in [-0.39, 0.29) is 12.5 Å². The van der Waals surface area contributed by atoms with Crippen LogP contribution in [0.2, 0.25) is 0 Å². The van der Waals surface area contributed by atoms with Crippen LogP contribution in [0.1, 0.15) is 26.5 Å². The number of carbonyl (C=O) groups excluding carboxylic acids is 1. The molecule has 0 radical (unpaired) electrons. The van der Waals surface area contributed by atoms with E-state index in [1.54, 1.807) is 6.92 Å². The molecule has 6 atom stereocenters. The van der Waals surface area contributed by atoms with Gasteiger partial charge in [-0.15, -0.1) is 0 Å². The van der Waals surface area contributed by atoms with Crippen LogP contribution in [0.5, 0.6) is 0 Å². The van der Waals surface area contributed by atoms with Crippen LogP contribution in [0.3, 0.4) is 0 Å². The number of hydrogen-bond donors (Lipinski definition) is 4. The van der Waals surface area contributed by atoms with Crippen molar-refractivity contribution in [3.63, 3.8) is 0 Å². The number of aliphatic hydroxyl groups is 2. The van der Waals surface area contributed by atoms with E-state index in [4.69, 9.17) is 15.2 Å². The highest BCUT2D eigenvalue weighted by atomic mass is 16.6. The number of nitrogens with two attached hydrogens (primary N) is 1. The Labute approximate surface area is 142 Å². The van der Waals surface area contributed by atoms with Crippen molar-refractivity contribution in [1.82, 2.24) is 14.8 Å². The molecule has 1 fully saturated rings. The van der Waals surface area contributed by atoms with Gasteiger partial charge < -0.3 is 25.4 Å². The van der Waals surface area contributed by atoms with Crippen molar-refractivity contribution in [1.29, 1.82) is 0 Å². The molecule has 4 unspecified atom stereocenters. The Morgan fingerprint density at radius 1 is 1.48 bits per heavy atom. The van der Waals surface area contributed by atoms with Gasteiger partial charge in [-0.1, -0.05) is 20.3 Å². The first kappa shape index (κ1) is 19.2. The monoisotopic (exact) mass is 358 g/mol. The highest BCUT2D eigenvalue weighted by Gasteiger charge is 2.45. The molecule has 0 aliphatic carbocycles. The average Bonchev–Trinajstić information content (AvgIpc) is 2.86. The third-order valence-corrected chi connectivity index (χ3v) is 4.23. The van der Waals surface area contributed by atoms with Crippen molar-refractivity contribution in [2.24, 2.45) is 11.7 Å². The summed E-state index contributed by atoms with van der Waals surface area (Å²) in [4.78, 5) is 36.6. The Morgan fingerprint density at radius 2 is 2.16 bits per heavy atom. The molecule has 2 heterocycles. The molecule has 11 nitrogen and oxygen atoms in total. The Kier molecular flexibility index (Phi) is 6.06. The van der Waals surface area contributed by atoms with Crippen LogP contribution < -0.4 is 17.0 Å². The zero-order valence-corrected chi connectivity index (χ0v) is 13.9. The predicted molar refractivity (Wildman–Crippen MR) is 83.4 cm³/mol. The molecule has 0 amide bonds. The summed E-state index contributed by atoms with van der Waals surface area (Å²) in [6, 6.07) is -0.812. The number of hydrogen-bond acceptors (Lipinski definition) is 9. The van der Waals surface area contributed by atoms with Crippen molar-refractivity contribution in [3.8, 4) is 0 Å². The minimum absolute atomic E-state index is 0.0795. The first-order valence-corrected chi connectivity index (χ1v) is 7.88. The van der Waals surface area contributed by atoms with E-state index in [1.807, 2.05) is 11.9 Å². The number of aromatic nitrogens is 3.